The van der Waals surface area contributed by atoms with Crippen LogP contribution in [0.1, 0.15) is 28.8 Å². The average Bonchev–Trinajstić information content (AvgIpc) is 3.23. The Morgan fingerprint density at radius 3 is 2.48 bits per heavy atom. The largest absolute Gasteiger partial charge is 0.339 e. The third kappa shape index (κ3) is 3.85. The Hall–Kier alpha value is -3.14. The van der Waals surface area contributed by atoms with E-state index in [4.69, 9.17) is 0 Å². The molecule has 1 saturated heterocycles. The van der Waals surface area contributed by atoms with E-state index >= 15 is 0 Å². The molecule has 0 aromatic heterocycles. The van der Waals surface area contributed by atoms with Crippen LogP contribution in [0.5, 0.6) is 0 Å². The molecule has 0 unspecified atom stereocenters. The van der Waals surface area contributed by atoms with Crippen LogP contribution in [0.15, 0.2) is 66.7 Å². The van der Waals surface area contributed by atoms with Crippen molar-refractivity contribution in [3.8, 4) is 0 Å². The van der Waals surface area contributed by atoms with Crippen molar-refractivity contribution in [3.63, 3.8) is 0 Å². The van der Waals surface area contributed by atoms with Gasteiger partial charge in [0.05, 0.1) is 6.42 Å². The molecule has 27 heavy (non-hydrogen) atoms. The van der Waals surface area contributed by atoms with E-state index in [2.05, 4.69) is 5.32 Å². The maximum atomic E-state index is 12.6. The molecule has 0 spiro atoms. The molecule has 3 aromatic carbocycles. The molecule has 1 aliphatic heterocycles. The smallest absolute Gasteiger partial charge is 0.253 e. The van der Waals surface area contributed by atoms with Gasteiger partial charge in [0.1, 0.15) is 0 Å². The molecule has 4 rings (SSSR count). The van der Waals surface area contributed by atoms with Crippen molar-refractivity contribution in [2.75, 3.05) is 18.4 Å². The van der Waals surface area contributed by atoms with Crippen LogP contribution in [0, 0.1) is 0 Å². The minimum atomic E-state index is -0.0860. The van der Waals surface area contributed by atoms with Gasteiger partial charge in [0.2, 0.25) is 5.91 Å². The first-order valence-corrected chi connectivity index (χ1v) is 9.36. The van der Waals surface area contributed by atoms with Crippen LogP contribution in [0.4, 0.5) is 5.69 Å². The van der Waals surface area contributed by atoms with Crippen molar-refractivity contribution in [1.82, 2.24) is 4.90 Å². The van der Waals surface area contributed by atoms with Crippen molar-refractivity contribution in [2.24, 2.45) is 0 Å². The zero-order valence-electron chi connectivity index (χ0n) is 15.2. The summed E-state index contributed by atoms with van der Waals surface area (Å²) in [7, 11) is 0. The SMILES string of the molecule is O=C(Cc1cccc2ccccc12)Nc1cccc(C(=O)N2CCCC2)c1. The van der Waals surface area contributed by atoms with Crippen LogP contribution < -0.4 is 5.32 Å². The second kappa shape index (κ2) is 7.62. The maximum Gasteiger partial charge on any atom is 0.253 e. The van der Waals surface area contributed by atoms with Gasteiger partial charge in [0.15, 0.2) is 0 Å². The highest BCUT2D eigenvalue weighted by Gasteiger charge is 2.19. The number of carbonyl (C=O) groups excluding carboxylic acids is 2. The molecular weight excluding hydrogens is 336 g/mol. The number of anilines is 1. The van der Waals surface area contributed by atoms with Gasteiger partial charge in [0, 0.05) is 24.3 Å². The molecule has 1 N–H and O–H groups in total. The molecule has 2 amide bonds. The number of nitrogens with zero attached hydrogens (tertiary/aromatic N) is 1. The molecule has 0 bridgehead atoms. The van der Waals surface area contributed by atoms with Gasteiger partial charge >= 0.3 is 0 Å². The highest BCUT2D eigenvalue weighted by molar-refractivity contribution is 5.99. The summed E-state index contributed by atoms with van der Waals surface area (Å²) >= 11 is 0. The summed E-state index contributed by atoms with van der Waals surface area (Å²) in [4.78, 5) is 27.0. The fraction of sp³-hybridized carbons (Fsp3) is 0.217. The lowest BCUT2D eigenvalue weighted by Gasteiger charge is -2.16. The lowest BCUT2D eigenvalue weighted by atomic mass is 10.0. The van der Waals surface area contributed by atoms with Crippen LogP contribution in [-0.2, 0) is 11.2 Å². The van der Waals surface area contributed by atoms with E-state index in [-0.39, 0.29) is 11.8 Å². The van der Waals surface area contributed by atoms with E-state index in [1.165, 1.54) is 0 Å². The van der Waals surface area contributed by atoms with Crippen LogP contribution in [0.25, 0.3) is 10.8 Å². The Bertz CT molecular complexity index is 985. The van der Waals surface area contributed by atoms with E-state index in [1.807, 2.05) is 59.5 Å². The highest BCUT2D eigenvalue weighted by atomic mass is 16.2. The number of nitrogens with one attached hydrogen (secondary N) is 1. The Morgan fingerprint density at radius 2 is 1.63 bits per heavy atom. The second-order valence-corrected chi connectivity index (χ2v) is 6.94. The Kier molecular flexibility index (Phi) is 4.88. The minimum Gasteiger partial charge on any atom is -0.339 e. The average molecular weight is 358 g/mol. The summed E-state index contributed by atoms with van der Waals surface area (Å²) in [5.74, 6) is -0.0465. The van der Waals surface area contributed by atoms with Crippen LogP contribution in [0.3, 0.4) is 0 Å². The number of amides is 2. The first kappa shape index (κ1) is 17.3. The molecule has 3 aromatic rings. The normalized spacial score (nSPS) is 13.7. The Labute approximate surface area is 158 Å². The van der Waals surface area contributed by atoms with Gasteiger partial charge in [-0.15, -0.1) is 0 Å². The van der Waals surface area contributed by atoms with Gasteiger partial charge < -0.3 is 10.2 Å². The topological polar surface area (TPSA) is 49.4 Å². The molecule has 0 saturated carbocycles. The third-order valence-electron chi connectivity index (χ3n) is 5.02. The van der Waals surface area contributed by atoms with Crippen LogP contribution >= 0.6 is 0 Å². The van der Waals surface area contributed by atoms with Crippen LogP contribution in [0.2, 0.25) is 0 Å². The fourth-order valence-electron chi connectivity index (χ4n) is 3.66. The van der Waals surface area contributed by atoms with E-state index < -0.39 is 0 Å². The van der Waals surface area contributed by atoms with Gasteiger partial charge in [0.25, 0.3) is 5.91 Å². The molecule has 1 heterocycles. The molecule has 136 valence electrons. The molecule has 1 aliphatic rings. The highest BCUT2D eigenvalue weighted by Crippen LogP contribution is 2.20. The number of hydrogen-bond acceptors (Lipinski definition) is 2. The number of likely N-dealkylation sites (tertiary alicyclic amines) is 1. The Balaban J connectivity index is 1.48. The molecular formula is C23H22N2O2. The summed E-state index contributed by atoms with van der Waals surface area (Å²) < 4.78 is 0. The number of hydrogen-bond donors (Lipinski definition) is 1. The van der Waals surface area contributed by atoms with E-state index in [1.54, 1.807) is 12.1 Å². The predicted molar refractivity (Wildman–Crippen MR) is 108 cm³/mol. The number of carbonyl (C=O) groups is 2. The molecule has 1 fully saturated rings. The van der Waals surface area contributed by atoms with Crippen molar-refractivity contribution in [2.45, 2.75) is 19.3 Å². The quantitative estimate of drug-likeness (QED) is 0.758. The first-order valence-electron chi connectivity index (χ1n) is 9.36. The van der Waals surface area contributed by atoms with Gasteiger partial charge in [-0.25, -0.2) is 0 Å². The number of fused-ring (bicyclic) bond motifs is 1. The molecule has 4 heteroatoms. The van der Waals surface area contributed by atoms with Crippen molar-refractivity contribution in [3.05, 3.63) is 77.9 Å². The van der Waals surface area contributed by atoms with Crippen molar-refractivity contribution in [1.29, 1.82) is 0 Å². The zero-order chi connectivity index (χ0) is 18.6. The third-order valence-corrected chi connectivity index (χ3v) is 5.02. The lowest BCUT2D eigenvalue weighted by Crippen LogP contribution is -2.27. The second-order valence-electron chi connectivity index (χ2n) is 6.94. The summed E-state index contributed by atoms with van der Waals surface area (Å²) in [5, 5.41) is 5.15. The van der Waals surface area contributed by atoms with Gasteiger partial charge in [-0.1, -0.05) is 48.5 Å². The summed E-state index contributed by atoms with van der Waals surface area (Å²) in [5.41, 5.74) is 2.28. The van der Waals surface area contributed by atoms with E-state index in [9.17, 15) is 9.59 Å². The first-order chi connectivity index (χ1) is 13.2. The zero-order valence-corrected chi connectivity index (χ0v) is 15.2. The maximum absolute atomic E-state index is 12.6. The molecule has 0 aliphatic carbocycles. The molecule has 0 radical (unpaired) electrons. The molecule has 0 atom stereocenters. The van der Waals surface area contributed by atoms with Crippen molar-refractivity contribution < 1.29 is 9.59 Å². The summed E-state index contributed by atoms with van der Waals surface area (Å²) in [6, 6.07) is 21.3. The predicted octanol–water partition coefficient (Wildman–Crippen LogP) is 4.26. The van der Waals surface area contributed by atoms with E-state index in [0.717, 1.165) is 42.3 Å². The minimum absolute atomic E-state index is 0.0395. The number of rotatable bonds is 4. The van der Waals surface area contributed by atoms with Gasteiger partial charge in [-0.3, -0.25) is 9.59 Å². The Morgan fingerprint density at radius 1 is 0.889 bits per heavy atom. The van der Waals surface area contributed by atoms with E-state index in [0.29, 0.717) is 17.7 Å². The molecule has 4 nitrogen and oxygen atoms in total. The lowest BCUT2D eigenvalue weighted by molar-refractivity contribution is -0.115. The van der Waals surface area contributed by atoms with Crippen molar-refractivity contribution >= 4 is 28.3 Å². The summed E-state index contributed by atoms with van der Waals surface area (Å²) in [6.45, 7) is 1.63. The fourth-order valence-corrected chi connectivity index (χ4v) is 3.66. The standard InChI is InChI=1S/C23H22N2O2/c26-22(16-18-9-5-8-17-7-1-2-12-21(17)18)24-20-11-6-10-19(15-20)23(27)25-13-3-4-14-25/h1-2,5-12,15H,3-4,13-14,16H2,(H,24,26). The van der Waals surface area contributed by atoms with Gasteiger partial charge in [-0.2, -0.15) is 0 Å². The van der Waals surface area contributed by atoms with Crippen LogP contribution in [-0.4, -0.2) is 29.8 Å². The monoisotopic (exact) mass is 358 g/mol. The number of benzene rings is 3. The summed E-state index contributed by atoms with van der Waals surface area (Å²) in [6.07, 6.45) is 2.42. The van der Waals surface area contributed by atoms with Gasteiger partial charge in [-0.05, 0) is 47.4 Å².